The normalized spacial score (nSPS) is 13.8. The van der Waals surface area contributed by atoms with Gasteiger partial charge in [0.15, 0.2) is 15.9 Å². The smallest absolute Gasteiger partial charge is 0.330 e. The van der Waals surface area contributed by atoms with Crippen molar-refractivity contribution in [3.05, 3.63) is 9.82 Å². The second-order valence-electron chi connectivity index (χ2n) is 3.13. The highest BCUT2D eigenvalue weighted by Gasteiger charge is 2.20. The predicted octanol–water partition coefficient (Wildman–Crippen LogP) is 1.11. The molecule has 0 spiro atoms. The first kappa shape index (κ1) is 13.1. The molecule has 2 aromatic heterocycles. The third kappa shape index (κ3) is 2.71. The average Bonchev–Trinajstić information content (AvgIpc) is 2.91. The zero-order valence-corrected chi connectivity index (χ0v) is 11.4. The van der Waals surface area contributed by atoms with Gasteiger partial charge < -0.3 is 5.11 Å². The topological polar surface area (TPSA) is 106 Å². The number of hydrogen-bond acceptors (Lipinski definition) is 8. The van der Waals surface area contributed by atoms with E-state index in [1.165, 1.54) is 20.9 Å². The zero-order valence-electron chi connectivity index (χ0n) is 9.02. The summed E-state index contributed by atoms with van der Waals surface area (Å²) in [6, 6.07) is -0.846. The van der Waals surface area contributed by atoms with Crippen molar-refractivity contribution in [2.24, 2.45) is 4.99 Å². The summed E-state index contributed by atoms with van der Waals surface area (Å²) in [5.41, 5.74) is 0. The SMILES string of the molecule is CCC(C(=O)O)n1nnc(N=c2ssnc2Cl)n1. The molecule has 2 heterocycles. The summed E-state index contributed by atoms with van der Waals surface area (Å²) in [6.07, 6.45) is 0.356. The highest BCUT2D eigenvalue weighted by molar-refractivity contribution is 7.66. The number of carbonyl (C=O) groups is 1. The molecule has 0 aliphatic rings. The second-order valence-corrected chi connectivity index (χ2v) is 5.32. The third-order valence-corrected chi connectivity index (χ3v) is 4.15. The Morgan fingerprint density at radius 2 is 2.44 bits per heavy atom. The van der Waals surface area contributed by atoms with E-state index >= 15 is 0 Å². The first-order valence-corrected chi connectivity index (χ1v) is 7.29. The van der Waals surface area contributed by atoms with E-state index in [1.807, 2.05) is 0 Å². The Morgan fingerprint density at radius 3 is 3.00 bits per heavy atom. The van der Waals surface area contributed by atoms with Crippen molar-refractivity contribution in [1.29, 1.82) is 0 Å². The summed E-state index contributed by atoms with van der Waals surface area (Å²) < 4.78 is 4.33. The van der Waals surface area contributed by atoms with Gasteiger partial charge in [-0.3, -0.25) is 0 Å². The van der Waals surface area contributed by atoms with Crippen molar-refractivity contribution in [3.63, 3.8) is 0 Å². The summed E-state index contributed by atoms with van der Waals surface area (Å²) >= 11 is 5.78. The maximum absolute atomic E-state index is 10.9. The van der Waals surface area contributed by atoms with E-state index < -0.39 is 12.0 Å². The number of hydrogen-bond donors (Lipinski definition) is 1. The predicted molar refractivity (Wildman–Crippen MR) is 65.0 cm³/mol. The molecule has 2 rings (SSSR count). The van der Waals surface area contributed by atoms with Crippen LogP contribution in [0.15, 0.2) is 4.99 Å². The van der Waals surface area contributed by atoms with Crippen LogP contribution >= 0.6 is 32.5 Å². The van der Waals surface area contributed by atoms with Crippen LogP contribution in [-0.2, 0) is 4.79 Å². The quantitative estimate of drug-likeness (QED) is 0.848. The number of halogens is 1. The molecule has 2 aromatic rings. The minimum atomic E-state index is -1.01. The van der Waals surface area contributed by atoms with Gasteiger partial charge in [-0.1, -0.05) is 23.6 Å². The summed E-state index contributed by atoms with van der Waals surface area (Å²) in [6.45, 7) is 1.72. The molecule has 0 aromatic carbocycles. The lowest BCUT2D eigenvalue weighted by molar-refractivity contribution is -0.141. The van der Waals surface area contributed by atoms with E-state index in [-0.39, 0.29) is 11.1 Å². The molecular formula is C7H7ClN6O2S2. The Bertz CT molecular complexity index is 619. The van der Waals surface area contributed by atoms with E-state index in [2.05, 4.69) is 24.8 Å². The van der Waals surface area contributed by atoms with Crippen LogP contribution in [-0.4, -0.2) is 35.7 Å². The van der Waals surface area contributed by atoms with Gasteiger partial charge in [0.1, 0.15) is 0 Å². The monoisotopic (exact) mass is 306 g/mol. The molecule has 0 saturated carbocycles. The molecule has 11 heteroatoms. The highest BCUT2D eigenvalue weighted by atomic mass is 35.5. The van der Waals surface area contributed by atoms with E-state index in [0.717, 1.165) is 4.80 Å². The van der Waals surface area contributed by atoms with Gasteiger partial charge >= 0.3 is 5.97 Å². The van der Waals surface area contributed by atoms with Gasteiger partial charge in [0.2, 0.25) is 0 Å². The Labute approximate surface area is 113 Å². The maximum Gasteiger partial charge on any atom is 0.330 e. The van der Waals surface area contributed by atoms with Crippen LogP contribution in [0.4, 0.5) is 5.95 Å². The molecule has 0 radical (unpaired) electrons. The Morgan fingerprint density at radius 1 is 1.67 bits per heavy atom. The Kier molecular flexibility index (Phi) is 3.99. The van der Waals surface area contributed by atoms with Crippen LogP contribution in [0.3, 0.4) is 0 Å². The molecule has 1 N–H and O–H groups in total. The molecule has 0 amide bonds. The van der Waals surface area contributed by atoms with Gasteiger partial charge in [-0.15, -0.1) is 9.90 Å². The Balaban J connectivity index is 2.32. The minimum Gasteiger partial charge on any atom is -0.480 e. The van der Waals surface area contributed by atoms with Gasteiger partial charge in [-0.2, -0.15) is 9.37 Å². The molecular weight excluding hydrogens is 300 g/mol. The second kappa shape index (κ2) is 5.50. The lowest BCUT2D eigenvalue weighted by Gasteiger charge is -2.05. The molecule has 0 fully saturated rings. The van der Waals surface area contributed by atoms with E-state index in [1.54, 1.807) is 6.92 Å². The van der Waals surface area contributed by atoms with E-state index in [9.17, 15) is 4.79 Å². The first-order chi connectivity index (χ1) is 8.61. The van der Waals surface area contributed by atoms with Crippen LogP contribution in [0.1, 0.15) is 19.4 Å². The molecule has 18 heavy (non-hydrogen) atoms. The van der Waals surface area contributed by atoms with Crippen molar-refractivity contribution in [3.8, 4) is 0 Å². The molecule has 0 saturated heterocycles. The van der Waals surface area contributed by atoms with Crippen LogP contribution in [0.25, 0.3) is 0 Å². The fourth-order valence-electron chi connectivity index (χ4n) is 1.15. The standard InChI is InChI=1S/C7H7ClN6O2S2/c1-2-3(6(15)16)14-11-7(10-13-14)9-5-4(8)12-18-17-5/h3H,2H2,1H3,(H,15,16). The highest BCUT2D eigenvalue weighted by Crippen LogP contribution is 2.11. The van der Waals surface area contributed by atoms with Crippen molar-refractivity contribution in [1.82, 2.24) is 24.6 Å². The summed E-state index contributed by atoms with van der Waals surface area (Å²) in [4.78, 5) is 16.0. The van der Waals surface area contributed by atoms with Crippen LogP contribution < -0.4 is 4.67 Å². The summed E-state index contributed by atoms with van der Waals surface area (Å²) in [5.74, 6) is -0.951. The largest absolute Gasteiger partial charge is 0.480 e. The maximum atomic E-state index is 10.9. The number of nitrogens with zero attached hydrogens (tertiary/aromatic N) is 6. The third-order valence-electron chi connectivity index (χ3n) is 1.98. The van der Waals surface area contributed by atoms with Crippen LogP contribution in [0.5, 0.6) is 0 Å². The molecule has 0 aliphatic heterocycles. The number of carboxylic acids is 1. The Hall–Kier alpha value is -1.39. The molecule has 8 nitrogen and oxygen atoms in total. The van der Waals surface area contributed by atoms with E-state index in [4.69, 9.17) is 16.7 Å². The van der Waals surface area contributed by atoms with E-state index in [0.29, 0.717) is 11.1 Å². The minimum absolute atomic E-state index is 0.0630. The number of rotatable bonds is 4. The lowest BCUT2D eigenvalue weighted by Crippen LogP contribution is -2.20. The molecule has 1 unspecified atom stereocenters. The van der Waals surface area contributed by atoms with Crippen LogP contribution in [0, 0.1) is 0 Å². The fourth-order valence-corrected chi connectivity index (χ4v) is 3.11. The molecule has 0 bridgehead atoms. The number of aromatic nitrogens is 5. The van der Waals surface area contributed by atoms with Crippen LogP contribution in [0.2, 0.25) is 5.15 Å². The number of aliphatic carboxylic acids is 1. The van der Waals surface area contributed by atoms with Gasteiger partial charge in [-0.25, -0.2) is 4.79 Å². The first-order valence-electron chi connectivity index (χ1n) is 4.80. The molecule has 96 valence electrons. The fraction of sp³-hybridized carbons (Fsp3) is 0.429. The molecule has 0 aliphatic carbocycles. The van der Waals surface area contributed by atoms with Crippen molar-refractivity contribution >= 4 is 44.4 Å². The van der Waals surface area contributed by atoms with Gasteiger partial charge in [0, 0.05) is 10.5 Å². The van der Waals surface area contributed by atoms with Crippen molar-refractivity contribution in [2.45, 2.75) is 19.4 Å². The van der Waals surface area contributed by atoms with Gasteiger partial charge in [0.25, 0.3) is 5.95 Å². The number of carboxylic acid groups (broad SMARTS) is 1. The van der Waals surface area contributed by atoms with Crippen molar-refractivity contribution in [2.75, 3.05) is 0 Å². The average molecular weight is 307 g/mol. The van der Waals surface area contributed by atoms with Gasteiger partial charge in [-0.05, 0) is 22.0 Å². The summed E-state index contributed by atoms with van der Waals surface area (Å²) in [5, 5.41) is 20.4. The number of tetrazole rings is 1. The lowest BCUT2D eigenvalue weighted by atomic mass is 10.2. The van der Waals surface area contributed by atoms with Crippen molar-refractivity contribution < 1.29 is 9.90 Å². The zero-order chi connectivity index (χ0) is 13.1. The summed E-state index contributed by atoms with van der Waals surface area (Å²) in [7, 11) is 2.47. The molecule has 1 atom stereocenters. The van der Waals surface area contributed by atoms with Gasteiger partial charge in [0.05, 0.1) is 0 Å².